The normalized spacial score (nSPS) is 9.87. The van der Waals surface area contributed by atoms with Crippen LogP contribution in [0.4, 0.5) is 0 Å². The van der Waals surface area contributed by atoms with Gasteiger partial charge in [0.1, 0.15) is 0 Å². The van der Waals surface area contributed by atoms with Crippen LogP contribution in [0.15, 0.2) is 36.7 Å². The zero-order valence-corrected chi connectivity index (χ0v) is 7.79. The van der Waals surface area contributed by atoms with Gasteiger partial charge < -0.3 is 5.73 Å². The Kier molecular flexibility index (Phi) is 2.37. The lowest BCUT2D eigenvalue weighted by atomic mass is 10.1. The van der Waals surface area contributed by atoms with Gasteiger partial charge in [-0.05, 0) is 18.2 Å². The van der Waals surface area contributed by atoms with E-state index in [4.69, 9.17) is 5.73 Å². The first-order valence-corrected chi connectivity index (χ1v) is 4.32. The number of carbonyl (C=O) groups excluding carboxylic acids is 1. The van der Waals surface area contributed by atoms with E-state index >= 15 is 0 Å². The average molecular weight is 200 g/mol. The minimum absolute atomic E-state index is 0.135. The van der Waals surface area contributed by atoms with Gasteiger partial charge >= 0.3 is 0 Å². The molecule has 0 aliphatic rings. The van der Waals surface area contributed by atoms with Crippen molar-refractivity contribution in [2.45, 2.75) is 0 Å². The Balaban J connectivity index is 2.58. The zero-order chi connectivity index (χ0) is 10.7. The lowest BCUT2D eigenvalue weighted by Crippen LogP contribution is -2.15. The number of hydrogen-bond acceptors (Lipinski definition) is 4. The summed E-state index contributed by atoms with van der Waals surface area (Å²) in [6.07, 6.45) is 3.14. The lowest BCUT2D eigenvalue weighted by molar-refractivity contribution is 0.0995. The van der Waals surface area contributed by atoms with Crippen LogP contribution in [0.3, 0.4) is 0 Å². The van der Waals surface area contributed by atoms with Crippen LogP contribution in [0.25, 0.3) is 11.3 Å². The highest BCUT2D eigenvalue weighted by Crippen LogP contribution is 2.17. The van der Waals surface area contributed by atoms with E-state index in [9.17, 15) is 4.79 Å². The maximum absolute atomic E-state index is 11.1. The summed E-state index contributed by atoms with van der Waals surface area (Å²) in [6, 6.07) is 7.06. The SMILES string of the molecule is NC(=O)c1nnccc1-c1ccccn1. The van der Waals surface area contributed by atoms with Gasteiger partial charge in [-0.1, -0.05) is 6.07 Å². The molecule has 5 heteroatoms. The van der Waals surface area contributed by atoms with E-state index in [1.807, 2.05) is 6.07 Å². The second-order valence-corrected chi connectivity index (χ2v) is 2.87. The Morgan fingerprint density at radius 1 is 1.20 bits per heavy atom. The second-order valence-electron chi connectivity index (χ2n) is 2.87. The molecule has 0 aliphatic heterocycles. The molecule has 2 aromatic heterocycles. The molecule has 74 valence electrons. The molecule has 0 spiro atoms. The predicted molar refractivity (Wildman–Crippen MR) is 53.8 cm³/mol. The van der Waals surface area contributed by atoms with Crippen LogP contribution in [0.2, 0.25) is 0 Å². The van der Waals surface area contributed by atoms with Crippen molar-refractivity contribution >= 4 is 5.91 Å². The molecule has 0 bridgehead atoms. The molecule has 0 saturated carbocycles. The predicted octanol–water partition coefficient (Wildman–Crippen LogP) is 0.637. The number of rotatable bonds is 2. The number of amides is 1. The summed E-state index contributed by atoms with van der Waals surface area (Å²) in [7, 11) is 0. The Morgan fingerprint density at radius 2 is 2.07 bits per heavy atom. The molecule has 1 amide bonds. The third-order valence-electron chi connectivity index (χ3n) is 1.89. The lowest BCUT2D eigenvalue weighted by Gasteiger charge is -2.02. The molecular formula is C10H8N4O. The van der Waals surface area contributed by atoms with E-state index in [1.54, 1.807) is 24.4 Å². The van der Waals surface area contributed by atoms with E-state index in [0.29, 0.717) is 11.3 Å². The van der Waals surface area contributed by atoms with Gasteiger partial charge in [0.15, 0.2) is 5.69 Å². The summed E-state index contributed by atoms with van der Waals surface area (Å²) >= 11 is 0. The summed E-state index contributed by atoms with van der Waals surface area (Å²) in [5, 5.41) is 7.30. The fraction of sp³-hybridized carbons (Fsp3) is 0. The van der Waals surface area contributed by atoms with Crippen molar-refractivity contribution in [3.63, 3.8) is 0 Å². The summed E-state index contributed by atoms with van der Waals surface area (Å²) in [5.41, 5.74) is 6.57. The monoisotopic (exact) mass is 200 g/mol. The zero-order valence-electron chi connectivity index (χ0n) is 7.79. The highest BCUT2D eigenvalue weighted by molar-refractivity contribution is 5.97. The summed E-state index contributed by atoms with van der Waals surface area (Å²) in [4.78, 5) is 15.2. The number of primary amides is 1. The number of nitrogens with zero attached hydrogens (tertiary/aromatic N) is 3. The van der Waals surface area contributed by atoms with Crippen LogP contribution < -0.4 is 5.73 Å². The third-order valence-corrected chi connectivity index (χ3v) is 1.89. The maximum atomic E-state index is 11.1. The van der Waals surface area contributed by atoms with Crippen LogP contribution in [0, 0.1) is 0 Å². The summed E-state index contributed by atoms with van der Waals surface area (Å²) < 4.78 is 0. The fourth-order valence-electron chi connectivity index (χ4n) is 1.24. The van der Waals surface area contributed by atoms with Gasteiger partial charge in [-0.2, -0.15) is 5.10 Å². The Hall–Kier alpha value is -2.30. The van der Waals surface area contributed by atoms with Crippen molar-refractivity contribution < 1.29 is 4.79 Å². The van der Waals surface area contributed by atoms with Crippen LogP contribution in [-0.2, 0) is 0 Å². The van der Waals surface area contributed by atoms with Crippen molar-refractivity contribution in [3.8, 4) is 11.3 Å². The first-order valence-electron chi connectivity index (χ1n) is 4.32. The van der Waals surface area contributed by atoms with Crippen LogP contribution in [0.1, 0.15) is 10.5 Å². The number of pyridine rings is 1. The Bertz CT molecular complexity index is 484. The molecule has 2 heterocycles. The van der Waals surface area contributed by atoms with Gasteiger partial charge in [0.05, 0.1) is 11.9 Å². The van der Waals surface area contributed by atoms with Crippen LogP contribution in [0.5, 0.6) is 0 Å². The molecule has 15 heavy (non-hydrogen) atoms. The molecule has 0 unspecified atom stereocenters. The minimum atomic E-state index is -0.608. The van der Waals surface area contributed by atoms with E-state index < -0.39 is 5.91 Å². The molecule has 0 fully saturated rings. The Labute approximate surface area is 86.0 Å². The number of carbonyl (C=O) groups is 1. The fourth-order valence-corrected chi connectivity index (χ4v) is 1.24. The van der Waals surface area contributed by atoms with Crippen LogP contribution in [-0.4, -0.2) is 21.1 Å². The summed E-state index contributed by atoms with van der Waals surface area (Å²) in [5.74, 6) is -0.608. The Morgan fingerprint density at radius 3 is 2.73 bits per heavy atom. The van der Waals surface area contributed by atoms with Gasteiger partial charge in [0, 0.05) is 11.8 Å². The molecular weight excluding hydrogens is 192 g/mol. The molecule has 5 nitrogen and oxygen atoms in total. The van der Waals surface area contributed by atoms with Crippen molar-refractivity contribution in [1.29, 1.82) is 0 Å². The molecule has 2 aromatic rings. The van der Waals surface area contributed by atoms with Gasteiger partial charge in [-0.25, -0.2) is 0 Å². The molecule has 0 atom stereocenters. The highest BCUT2D eigenvalue weighted by Gasteiger charge is 2.11. The topological polar surface area (TPSA) is 81.8 Å². The first kappa shape index (κ1) is 9.26. The van der Waals surface area contributed by atoms with E-state index in [-0.39, 0.29) is 5.69 Å². The largest absolute Gasteiger partial charge is 0.364 e. The summed E-state index contributed by atoms with van der Waals surface area (Å²) in [6.45, 7) is 0. The van der Waals surface area contributed by atoms with Crippen molar-refractivity contribution in [2.75, 3.05) is 0 Å². The maximum Gasteiger partial charge on any atom is 0.269 e. The quantitative estimate of drug-likeness (QED) is 0.771. The molecule has 2 rings (SSSR count). The van der Waals surface area contributed by atoms with Gasteiger partial charge in [0.2, 0.25) is 0 Å². The smallest absolute Gasteiger partial charge is 0.269 e. The molecule has 0 aliphatic carbocycles. The van der Waals surface area contributed by atoms with Crippen molar-refractivity contribution in [1.82, 2.24) is 15.2 Å². The number of aromatic nitrogens is 3. The standard InChI is InChI=1S/C10H8N4O/c11-10(15)9-7(4-6-13-14-9)8-3-1-2-5-12-8/h1-6H,(H2,11,15). The molecule has 0 saturated heterocycles. The van der Waals surface area contributed by atoms with Crippen molar-refractivity contribution in [2.24, 2.45) is 5.73 Å². The number of nitrogens with two attached hydrogens (primary N) is 1. The molecule has 0 radical (unpaired) electrons. The van der Waals surface area contributed by atoms with Gasteiger partial charge in [0.25, 0.3) is 5.91 Å². The van der Waals surface area contributed by atoms with Gasteiger partial charge in [-0.3, -0.25) is 9.78 Å². The highest BCUT2D eigenvalue weighted by atomic mass is 16.1. The van der Waals surface area contributed by atoms with E-state index in [2.05, 4.69) is 15.2 Å². The van der Waals surface area contributed by atoms with Crippen molar-refractivity contribution in [3.05, 3.63) is 42.4 Å². The van der Waals surface area contributed by atoms with Gasteiger partial charge in [-0.15, -0.1) is 5.10 Å². The molecule has 2 N–H and O–H groups in total. The molecule has 0 aromatic carbocycles. The average Bonchev–Trinajstić information content (AvgIpc) is 2.30. The van der Waals surface area contributed by atoms with E-state index in [0.717, 1.165) is 0 Å². The minimum Gasteiger partial charge on any atom is -0.364 e. The first-order chi connectivity index (χ1) is 7.29. The number of hydrogen-bond donors (Lipinski definition) is 1. The second kappa shape index (κ2) is 3.83. The van der Waals surface area contributed by atoms with E-state index in [1.165, 1.54) is 6.20 Å². The van der Waals surface area contributed by atoms with Crippen LogP contribution >= 0.6 is 0 Å². The third kappa shape index (κ3) is 1.80.